The number of carboxylic acids is 1. The molecule has 0 fully saturated rings. The predicted octanol–water partition coefficient (Wildman–Crippen LogP) is -0.707. The molecule has 16 heavy (non-hydrogen) atoms. The Hall–Kier alpha value is -1.14. The number of hydrogen-bond donors (Lipinski definition) is 4. The van der Waals surface area contributed by atoms with Crippen molar-refractivity contribution in [2.75, 3.05) is 14.1 Å². The van der Waals surface area contributed by atoms with Gasteiger partial charge < -0.3 is 21.5 Å². The first-order valence-electron chi connectivity index (χ1n) is 5.26. The van der Waals surface area contributed by atoms with Crippen LogP contribution in [0.15, 0.2) is 0 Å². The summed E-state index contributed by atoms with van der Waals surface area (Å²) in [6.07, 6.45) is 1.60. The van der Waals surface area contributed by atoms with Crippen molar-refractivity contribution in [1.82, 2.24) is 10.6 Å². The van der Waals surface area contributed by atoms with Gasteiger partial charge in [-0.25, -0.2) is 0 Å². The number of nitrogens with two attached hydrogens (primary N) is 1. The van der Waals surface area contributed by atoms with E-state index in [-0.39, 0.29) is 0 Å². The van der Waals surface area contributed by atoms with Crippen molar-refractivity contribution in [1.29, 1.82) is 0 Å². The molecule has 0 aromatic rings. The number of carbonyl (C=O) groups excluding carboxylic acids is 1. The molecule has 0 saturated carbocycles. The molecule has 6 heteroatoms. The van der Waals surface area contributed by atoms with E-state index in [2.05, 4.69) is 10.6 Å². The zero-order chi connectivity index (χ0) is 12.8. The molecular formula is C10H21N3O3. The molecule has 0 aromatic carbocycles. The molecule has 0 heterocycles. The third kappa shape index (κ3) is 4.16. The Morgan fingerprint density at radius 2 is 2.00 bits per heavy atom. The number of carboxylic acid groups (broad SMARTS) is 1. The van der Waals surface area contributed by atoms with Crippen LogP contribution in [0, 0.1) is 0 Å². The second-order valence-electron chi connectivity index (χ2n) is 4.02. The zero-order valence-corrected chi connectivity index (χ0v) is 10.0. The Labute approximate surface area is 95.6 Å². The molecule has 2 unspecified atom stereocenters. The summed E-state index contributed by atoms with van der Waals surface area (Å²) in [6.45, 7) is 1.62. The molecule has 0 aromatic heterocycles. The molecular weight excluding hydrogens is 210 g/mol. The quantitative estimate of drug-likeness (QED) is 0.442. The molecule has 5 N–H and O–H groups in total. The van der Waals surface area contributed by atoms with E-state index >= 15 is 0 Å². The van der Waals surface area contributed by atoms with Crippen molar-refractivity contribution in [3.8, 4) is 0 Å². The van der Waals surface area contributed by atoms with E-state index in [1.54, 1.807) is 21.0 Å². The monoisotopic (exact) mass is 231 g/mol. The number of amides is 1. The van der Waals surface area contributed by atoms with Crippen LogP contribution in [0.5, 0.6) is 0 Å². The number of primary amides is 1. The second kappa shape index (κ2) is 6.44. The van der Waals surface area contributed by atoms with Gasteiger partial charge in [0.2, 0.25) is 5.91 Å². The Bertz CT molecular complexity index is 258. The maximum Gasteiger partial charge on any atom is 0.323 e. The molecule has 0 aliphatic heterocycles. The van der Waals surface area contributed by atoms with Gasteiger partial charge >= 0.3 is 5.97 Å². The fraction of sp³-hybridized carbons (Fsp3) is 0.800. The minimum atomic E-state index is -0.948. The van der Waals surface area contributed by atoms with E-state index in [9.17, 15) is 9.59 Å². The number of likely N-dealkylation sites (N-methyl/N-ethyl adjacent to an activating group) is 2. The van der Waals surface area contributed by atoms with E-state index in [0.717, 1.165) is 0 Å². The Morgan fingerprint density at radius 1 is 1.44 bits per heavy atom. The van der Waals surface area contributed by atoms with Gasteiger partial charge in [0.15, 0.2) is 0 Å². The summed E-state index contributed by atoms with van der Waals surface area (Å²) >= 11 is 0. The Balaban J connectivity index is 4.14. The van der Waals surface area contributed by atoms with Crippen LogP contribution >= 0.6 is 0 Å². The highest BCUT2D eigenvalue weighted by atomic mass is 16.4. The van der Waals surface area contributed by atoms with Crippen molar-refractivity contribution in [3.63, 3.8) is 0 Å². The molecule has 6 nitrogen and oxygen atoms in total. The topological polar surface area (TPSA) is 104 Å². The van der Waals surface area contributed by atoms with E-state index in [0.29, 0.717) is 19.3 Å². The van der Waals surface area contributed by atoms with Crippen molar-refractivity contribution in [3.05, 3.63) is 0 Å². The molecule has 0 aliphatic carbocycles. The largest absolute Gasteiger partial charge is 0.480 e. The van der Waals surface area contributed by atoms with E-state index in [1.807, 2.05) is 0 Å². The SMILES string of the molecule is CNC(CCCC(C)(NC)C(=O)O)C(N)=O. The van der Waals surface area contributed by atoms with Crippen molar-refractivity contribution in [2.45, 2.75) is 37.8 Å². The van der Waals surface area contributed by atoms with Gasteiger partial charge in [0.1, 0.15) is 5.54 Å². The molecule has 0 rings (SSSR count). The van der Waals surface area contributed by atoms with Crippen molar-refractivity contribution < 1.29 is 14.7 Å². The molecule has 0 spiro atoms. The van der Waals surface area contributed by atoms with Crippen molar-refractivity contribution >= 4 is 11.9 Å². The van der Waals surface area contributed by atoms with E-state index in [4.69, 9.17) is 10.8 Å². The predicted molar refractivity (Wildman–Crippen MR) is 61.0 cm³/mol. The normalized spacial score (nSPS) is 16.4. The maximum atomic E-state index is 11.0. The van der Waals surface area contributed by atoms with Gasteiger partial charge in [-0.1, -0.05) is 0 Å². The summed E-state index contributed by atoms with van der Waals surface area (Å²) in [5.41, 5.74) is 4.21. The van der Waals surface area contributed by atoms with Gasteiger partial charge in [-0.05, 0) is 40.3 Å². The zero-order valence-electron chi connectivity index (χ0n) is 10.0. The smallest absolute Gasteiger partial charge is 0.323 e. The highest BCUT2D eigenvalue weighted by Gasteiger charge is 2.30. The first-order chi connectivity index (χ1) is 7.37. The summed E-state index contributed by atoms with van der Waals surface area (Å²) in [5.74, 6) is -1.31. The number of hydrogen-bond acceptors (Lipinski definition) is 4. The van der Waals surface area contributed by atoms with Crippen LogP contribution < -0.4 is 16.4 Å². The third-order valence-electron chi connectivity index (χ3n) is 2.89. The summed E-state index contributed by atoms with van der Waals surface area (Å²) in [4.78, 5) is 21.9. The fourth-order valence-corrected chi connectivity index (χ4v) is 1.43. The van der Waals surface area contributed by atoms with Crippen LogP contribution in [-0.4, -0.2) is 42.7 Å². The second-order valence-corrected chi connectivity index (χ2v) is 4.02. The minimum Gasteiger partial charge on any atom is -0.480 e. The van der Waals surface area contributed by atoms with Gasteiger partial charge in [-0.3, -0.25) is 9.59 Å². The summed E-state index contributed by atoms with van der Waals surface area (Å²) in [6, 6.07) is -0.394. The lowest BCUT2D eigenvalue weighted by Crippen LogP contribution is -2.48. The van der Waals surface area contributed by atoms with Gasteiger partial charge in [0, 0.05) is 0 Å². The van der Waals surface area contributed by atoms with Crippen molar-refractivity contribution in [2.24, 2.45) is 5.73 Å². The Kier molecular flexibility index (Phi) is 5.98. The first-order valence-corrected chi connectivity index (χ1v) is 5.26. The summed E-state index contributed by atoms with van der Waals surface area (Å²) in [7, 11) is 3.27. The molecule has 0 aliphatic rings. The number of carbonyl (C=O) groups is 2. The lowest BCUT2D eigenvalue weighted by Gasteiger charge is -2.24. The van der Waals surface area contributed by atoms with Crippen LogP contribution in [-0.2, 0) is 9.59 Å². The lowest BCUT2D eigenvalue weighted by molar-refractivity contribution is -0.144. The maximum absolute atomic E-state index is 11.0. The average Bonchev–Trinajstić information content (AvgIpc) is 2.23. The van der Waals surface area contributed by atoms with Gasteiger partial charge in [-0.2, -0.15) is 0 Å². The third-order valence-corrected chi connectivity index (χ3v) is 2.89. The van der Waals surface area contributed by atoms with Gasteiger partial charge in [-0.15, -0.1) is 0 Å². The number of rotatable bonds is 8. The summed E-state index contributed by atoms with van der Waals surface area (Å²) in [5, 5.41) is 14.5. The van der Waals surface area contributed by atoms with Gasteiger partial charge in [0.05, 0.1) is 6.04 Å². The minimum absolute atomic E-state index is 0.394. The molecule has 1 amide bonds. The van der Waals surface area contributed by atoms with Crippen LogP contribution in [0.1, 0.15) is 26.2 Å². The standard InChI is InChI=1S/C10H21N3O3/c1-10(13-3,9(15)16)6-4-5-7(12-2)8(11)14/h7,12-13H,4-6H2,1-3H3,(H2,11,14)(H,15,16). The van der Waals surface area contributed by atoms with Crippen LogP contribution in [0.25, 0.3) is 0 Å². The van der Waals surface area contributed by atoms with E-state index < -0.39 is 23.5 Å². The number of nitrogens with one attached hydrogen (secondary N) is 2. The number of aliphatic carboxylic acids is 1. The molecule has 94 valence electrons. The van der Waals surface area contributed by atoms with Crippen LogP contribution in [0.2, 0.25) is 0 Å². The lowest BCUT2D eigenvalue weighted by atomic mass is 9.94. The highest BCUT2D eigenvalue weighted by molar-refractivity contribution is 5.80. The van der Waals surface area contributed by atoms with Crippen LogP contribution in [0.4, 0.5) is 0 Å². The first kappa shape index (κ1) is 14.9. The molecule has 0 bridgehead atoms. The molecule has 0 radical (unpaired) electrons. The fourth-order valence-electron chi connectivity index (χ4n) is 1.43. The van der Waals surface area contributed by atoms with Gasteiger partial charge in [0.25, 0.3) is 0 Å². The Morgan fingerprint density at radius 3 is 2.31 bits per heavy atom. The van der Waals surface area contributed by atoms with Crippen LogP contribution in [0.3, 0.4) is 0 Å². The van der Waals surface area contributed by atoms with E-state index in [1.165, 1.54) is 0 Å². The molecule has 0 saturated heterocycles. The molecule has 2 atom stereocenters. The highest BCUT2D eigenvalue weighted by Crippen LogP contribution is 2.14. The summed E-state index contributed by atoms with van der Waals surface area (Å²) < 4.78 is 0. The average molecular weight is 231 g/mol.